The Bertz CT molecular complexity index is 966. The summed E-state index contributed by atoms with van der Waals surface area (Å²) in [6.45, 7) is 5.81. The van der Waals surface area contributed by atoms with Crippen LogP contribution >= 0.6 is 23.1 Å². The molecule has 0 saturated carbocycles. The van der Waals surface area contributed by atoms with E-state index in [1.165, 1.54) is 16.1 Å². The van der Waals surface area contributed by atoms with Gasteiger partial charge in [-0.15, -0.1) is 23.1 Å². The smallest absolute Gasteiger partial charge is 0.261 e. The lowest BCUT2D eigenvalue weighted by molar-refractivity contribution is 0.0955. The van der Waals surface area contributed by atoms with Crippen LogP contribution in [0.1, 0.15) is 27.7 Å². The standard InChI is InChI=1S/C22H22N2OS2/c1-15-6-5-7-17(12-15)13-23-22(25)20-10-11-21(27-20)24-14-16(2)26-19-9-4-3-8-18(19)24/h3-12,16H,13-14H2,1-2H3,(H,23,25)/t16-/m0/s1. The van der Waals surface area contributed by atoms with Gasteiger partial charge in [-0.3, -0.25) is 4.79 Å². The van der Waals surface area contributed by atoms with E-state index in [0.717, 1.165) is 22.0 Å². The first kappa shape index (κ1) is 18.1. The van der Waals surface area contributed by atoms with E-state index < -0.39 is 0 Å². The minimum Gasteiger partial charge on any atom is -0.347 e. The number of hydrogen-bond acceptors (Lipinski definition) is 4. The van der Waals surface area contributed by atoms with Crippen molar-refractivity contribution in [3.8, 4) is 0 Å². The summed E-state index contributed by atoms with van der Waals surface area (Å²) in [4.78, 5) is 17.0. The Morgan fingerprint density at radius 3 is 2.85 bits per heavy atom. The molecular formula is C22H22N2OS2. The Kier molecular flexibility index (Phi) is 5.23. The summed E-state index contributed by atoms with van der Waals surface area (Å²) in [6.07, 6.45) is 0. The second kappa shape index (κ2) is 7.79. The van der Waals surface area contributed by atoms with Gasteiger partial charge in [0.05, 0.1) is 15.6 Å². The second-order valence-electron chi connectivity index (χ2n) is 6.82. The topological polar surface area (TPSA) is 32.3 Å². The number of anilines is 2. The number of para-hydroxylation sites is 1. The van der Waals surface area contributed by atoms with Gasteiger partial charge < -0.3 is 10.2 Å². The first-order chi connectivity index (χ1) is 13.1. The third kappa shape index (κ3) is 4.04. The molecule has 1 amide bonds. The van der Waals surface area contributed by atoms with Crippen molar-refractivity contribution in [2.45, 2.75) is 30.5 Å². The highest BCUT2D eigenvalue weighted by Crippen LogP contribution is 2.43. The maximum Gasteiger partial charge on any atom is 0.261 e. The molecule has 1 N–H and O–H groups in total. The lowest BCUT2D eigenvalue weighted by Crippen LogP contribution is -2.28. The van der Waals surface area contributed by atoms with Gasteiger partial charge in [-0.2, -0.15) is 0 Å². The van der Waals surface area contributed by atoms with Crippen LogP contribution in [-0.2, 0) is 6.54 Å². The van der Waals surface area contributed by atoms with Crippen LogP contribution in [0.15, 0.2) is 65.6 Å². The number of nitrogens with zero attached hydrogens (tertiary/aromatic N) is 1. The molecule has 0 unspecified atom stereocenters. The molecule has 2 aromatic carbocycles. The van der Waals surface area contributed by atoms with E-state index in [1.54, 1.807) is 11.3 Å². The number of thioether (sulfide) groups is 1. The maximum atomic E-state index is 12.6. The van der Waals surface area contributed by atoms with Crippen LogP contribution in [0.25, 0.3) is 0 Å². The normalized spacial score (nSPS) is 16.1. The molecule has 138 valence electrons. The lowest BCUT2D eigenvalue weighted by Gasteiger charge is -2.33. The lowest BCUT2D eigenvalue weighted by atomic mass is 10.1. The number of benzene rings is 2. The Morgan fingerprint density at radius 2 is 2.00 bits per heavy atom. The summed E-state index contributed by atoms with van der Waals surface area (Å²) >= 11 is 3.47. The number of thiophene rings is 1. The summed E-state index contributed by atoms with van der Waals surface area (Å²) in [6, 6.07) is 20.7. The average molecular weight is 395 g/mol. The van der Waals surface area contributed by atoms with Crippen molar-refractivity contribution in [1.82, 2.24) is 5.32 Å². The molecule has 1 aliphatic rings. The van der Waals surface area contributed by atoms with E-state index in [0.29, 0.717) is 11.8 Å². The molecule has 0 aliphatic carbocycles. The van der Waals surface area contributed by atoms with E-state index in [4.69, 9.17) is 0 Å². The molecule has 1 atom stereocenters. The van der Waals surface area contributed by atoms with Gasteiger partial charge in [-0.05, 0) is 36.8 Å². The van der Waals surface area contributed by atoms with E-state index >= 15 is 0 Å². The Balaban J connectivity index is 1.49. The second-order valence-corrected chi connectivity index (χ2v) is 9.36. The summed E-state index contributed by atoms with van der Waals surface area (Å²) in [5, 5.41) is 4.67. The van der Waals surface area contributed by atoms with Gasteiger partial charge in [0.2, 0.25) is 0 Å². The highest BCUT2D eigenvalue weighted by atomic mass is 32.2. The Morgan fingerprint density at radius 1 is 1.15 bits per heavy atom. The van der Waals surface area contributed by atoms with Crippen molar-refractivity contribution in [1.29, 1.82) is 0 Å². The average Bonchev–Trinajstić information content (AvgIpc) is 3.15. The zero-order chi connectivity index (χ0) is 18.8. The van der Waals surface area contributed by atoms with Crippen molar-refractivity contribution >= 4 is 39.7 Å². The van der Waals surface area contributed by atoms with E-state index in [-0.39, 0.29) is 5.91 Å². The number of rotatable bonds is 4. The minimum absolute atomic E-state index is 0.0134. The molecular weight excluding hydrogens is 372 g/mol. The molecule has 0 spiro atoms. The molecule has 3 aromatic rings. The number of nitrogens with one attached hydrogen (secondary N) is 1. The van der Waals surface area contributed by atoms with Crippen molar-refractivity contribution in [2.24, 2.45) is 0 Å². The Hall–Kier alpha value is -2.24. The van der Waals surface area contributed by atoms with Gasteiger partial charge in [0.15, 0.2) is 0 Å². The number of fused-ring (bicyclic) bond motifs is 1. The number of aryl methyl sites for hydroxylation is 1. The highest BCUT2D eigenvalue weighted by Gasteiger charge is 2.24. The molecule has 0 fully saturated rings. The van der Waals surface area contributed by atoms with Gasteiger partial charge >= 0.3 is 0 Å². The first-order valence-electron chi connectivity index (χ1n) is 9.07. The highest BCUT2D eigenvalue weighted by molar-refractivity contribution is 8.00. The zero-order valence-electron chi connectivity index (χ0n) is 15.4. The van der Waals surface area contributed by atoms with Crippen molar-refractivity contribution in [3.05, 3.63) is 76.7 Å². The molecule has 1 aliphatic heterocycles. The quantitative estimate of drug-likeness (QED) is 0.623. The number of carbonyl (C=O) groups excluding carboxylic acids is 1. The summed E-state index contributed by atoms with van der Waals surface area (Å²) in [5.74, 6) is -0.0134. The zero-order valence-corrected chi connectivity index (χ0v) is 17.1. The van der Waals surface area contributed by atoms with Gasteiger partial charge in [-0.25, -0.2) is 0 Å². The van der Waals surface area contributed by atoms with E-state index in [1.807, 2.05) is 30.0 Å². The van der Waals surface area contributed by atoms with Crippen molar-refractivity contribution in [3.63, 3.8) is 0 Å². The predicted octanol–water partition coefficient (Wildman–Crippen LogP) is 5.62. The third-order valence-electron chi connectivity index (χ3n) is 4.54. The molecule has 0 radical (unpaired) electrons. The van der Waals surface area contributed by atoms with Crippen LogP contribution in [0.3, 0.4) is 0 Å². The van der Waals surface area contributed by atoms with Crippen LogP contribution in [0.5, 0.6) is 0 Å². The van der Waals surface area contributed by atoms with E-state index in [9.17, 15) is 4.79 Å². The molecule has 3 nitrogen and oxygen atoms in total. The van der Waals surface area contributed by atoms with Gasteiger partial charge in [0, 0.05) is 23.2 Å². The Labute approximate surface area is 168 Å². The molecule has 0 saturated heterocycles. The number of hydrogen-bond donors (Lipinski definition) is 1. The molecule has 27 heavy (non-hydrogen) atoms. The summed E-state index contributed by atoms with van der Waals surface area (Å²) < 4.78 is 0. The van der Waals surface area contributed by atoms with Gasteiger partial charge in [0.25, 0.3) is 5.91 Å². The molecule has 0 bridgehead atoms. The summed E-state index contributed by atoms with van der Waals surface area (Å²) in [7, 11) is 0. The van der Waals surface area contributed by atoms with Crippen molar-refractivity contribution in [2.75, 3.05) is 11.4 Å². The number of carbonyl (C=O) groups is 1. The SMILES string of the molecule is Cc1cccc(CNC(=O)c2ccc(N3C[C@H](C)Sc4ccccc43)s2)c1. The first-order valence-corrected chi connectivity index (χ1v) is 10.8. The molecule has 5 heteroatoms. The van der Waals surface area contributed by atoms with Gasteiger partial charge in [0.1, 0.15) is 0 Å². The summed E-state index contributed by atoms with van der Waals surface area (Å²) in [5.41, 5.74) is 3.56. The van der Waals surface area contributed by atoms with Crippen molar-refractivity contribution < 1.29 is 4.79 Å². The predicted molar refractivity (Wildman–Crippen MR) is 115 cm³/mol. The minimum atomic E-state index is -0.0134. The number of amides is 1. The van der Waals surface area contributed by atoms with E-state index in [2.05, 4.69) is 66.5 Å². The fraction of sp³-hybridized carbons (Fsp3) is 0.227. The van der Waals surface area contributed by atoms with Gasteiger partial charge in [-0.1, -0.05) is 48.9 Å². The fourth-order valence-corrected chi connectivity index (χ4v) is 5.34. The van der Waals surface area contributed by atoms with Crippen LogP contribution in [-0.4, -0.2) is 17.7 Å². The largest absolute Gasteiger partial charge is 0.347 e. The fourth-order valence-electron chi connectivity index (χ4n) is 3.28. The molecule has 1 aromatic heterocycles. The molecule has 4 rings (SSSR count). The van der Waals surface area contributed by atoms with Crippen LogP contribution in [0.2, 0.25) is 0 Å². The van der Waals surface area contributed by atoms with Crippen LogP contribution < -0.4 is 10.2 Å². The van der Waals surface area contributed by atoms with Crippen LogP contribution in [0, 0.1) is 6.92 Å². The molecule has 2 heterocycles. The third-order valence-corrected chi connectivity index (χ3v) is 6.80. The van der Waals surface area contributed by atoms with Crippen LogP contribution in [0.4, 0.5) is 10.7 Å². The maximum absolute atomic E-state index is 12.6. The monoisotopic (exact) mass is 394 g/mol.